The summed E-state index contributed by atoms with van der Waals surface area (Å²) in [6.07, 6.45) is 2.62. The van der Waals surface area contributed by atoms with Gasteiger partial charge in [0.2, 0.25) is 0 Å². The SMILES string of the molecule is O=C(NCCc1c[nH]c2ccccc12)C(=O)N1CCN(CCO)CC1. The molecule has 25 heavy (non-hydrogen) atoms. The number of fused-ring (bicyclic) bond motifs is 1. The first-order valence-corrected chi connectivity index (χ1v) is 8.64. The molecular weight excluding hydrogens is 320 g/mol. The molecule has 3 rings (SSSR count). The number of rotatable bonds is 5. The number of H-pyrrole nitrogens is 1. The number of hydrogen-bond donors (Lipinski definition) is 3. The Bertz CT molecular complexity index is 735. The van der Waals surface area contributed by atoms with Crippen LogP contribution in [0.1, 0.15) is 5.56 Å². The minimum absolute atomic E-state index is 0.113. The van der Waals surface area contributed by atoms with Crippen LogP contribution < -0.4 is 5.32 Å². The first-order valence-electron chi connectivity index (χ1n) is 8.64. The molecule has 1 aromatic heterocycles. The number of aliphatic hydroxyl groups is 1. The van der Waals surface area contributed by atoms with E-state index in [1.807, 2.05) is 30.5 Å². The molecule has 1 fully saturated rings. The van der Waals surface area contributed by atoms with E-state index in [0.717, 1.165) is 16.5 Å². The van der Waals surface area contributed by atoms with Gasteiger partial charge in [-0.2, -0.15) is 0 Å². The fraction of sp³-hybridized carbons (Fsp3) is 0.444. The number of hydrogen-bond acceptors (Lipinski definition) is 4. The summed E-state index contributed by atoms with van der Waals surface area (Å²) in [4.78, 5) is 31.2. The normalized spacial score (nSPS) is 15.5. The second kappa shape index (κ2) is 8.13. The van der Waals surface area contributed by atoms with E-state index in [1.54, 1.807) is 4.90 Å². The smallest absolute Gasteiger partial charge is 0.311 e. The Morgan fingerprint density at radius 2 is 1.92 bits per heavy atom. The van der Waals surface area contributed by atoms with Gasteiger partial charge in [0.1, 0.15) is 0 Å². The van der Waals surface area contributed by atoms with Gasteiger partial charge in [-0.1, -0.05) is 18.2 Å². The fourth-order valence-corrected chi connectivity index (χ4v) is 3.18. The molecule has 7 nitrogen and oxygen atoms in total. The maximum absolute atomic E-state index is 12.2. The molecule has 3 N–H and O–H groups in total. The molecule has 0 unspecified atom stereocenters. The quantitative estimate of drug-likeness (QED) is 0.664. The zero-order valence-electron chi connectivity index (χ0n) is 14.2. The Hall–Kier alpha value is -2.38. The average Bonchev–Trinajstić information content (AvgIpc) is 3.05. The molecule has 2 amide bonds. The number of amides is 2. The molecule has 2 heterocycles. The summed E-state index contributed by atoms with van der Waals surface area (Å²) in [7, 11) is 0. The van der Waals surface area contributed by atoms with Crippen molar-refractivity contribution in [3.05, 3.63) is 36.0 Å². The molecule has 0 atom stereocenters. The van der Waals surface area contributed by atoms with E-state index >= 15 is 0 Å². The number of nitrogens with one attached hydrogen (secondary N) is 2. The number of β-amino-alcohol motifs (C(OH)–C–C–N with tert-alkyl or cyclic N) is 1. The van der Waals surface area contributed by atoms with Gasteiger partial charge in [-0.25, -0.2) is 0 Å². The number of carbonyl (C=O) groups is 2. The number of nitrogens with zero attached hydrogens (tertiary/aromatic N) is 2. The third-order valence-corrected chi connectivity index (χ3v) is 4.62. The molecular formula is C18H24N4O3. The highest BCUT2D eigenvalue weighted by atomic mass is 16.3. The number of benzene rings is 1. The fourth-order valence-electron chi connectivity index (χ4n) is 3.18. The van der Waals surface area contributed by atoms with Gasteiger partial charge in [0.15, 0.2) is 0 Å². The molecule has 0 aliphatic carbocycles. The zero-order chi connectivity index (χ0) is 17.6. The lowest BCUT2D eigenvalue weighted by atomic mass is 10.1. The van der Waals surface area contributed by atoms with Gasteiger partial charge in [0.25, 0.3) is 0 Å². The van der Waals surface area contributed by atoms with Crippen LogP contribution in [0.2, 0.25) is 0 Å². The summed E-state index contributed by atoms with van der Waals surface area (Å²) in [5.74, 6) is -1.02. The van der Waals surface area contributed by atoms with Crippen molar-refractivity contribution in [3.8, 4) is 0 Å². The zero-order valence-corrected chi connectivity index (χ0v) is 14.2. The number of aromatic nitrogens is 1. The van der Waals surface area contributed by atoms with Crippen LogP contribution >= 0.6 is 0 Å². The van der Waals surface area contributed by atoms with Gasteiger partial charge < -0.3 is 20.3 Å². The Kier molecular flexibility index (Phi) is 5.67. The van der Waals surface area contributed by atoms with Crippen molar-refractivity contribution in [2.45, 2.75) is 6.42 Å². The third kappa shape index (κ3) is 4.18. The van der Waals surface area contributed by atoms with E-state index in [0.29, 0.717) is 45.7 Å². The highest BCUT2D eigenvalue weighted by molar-refractivity contribution is 6.35. The van der Waals surface area contributed by atoms with Crippen molar-refractivity contribution in [1.82, 2.24) is 20.1 Å². The number of para-hydroxylation sites is 1. The summed E-state index contributed by atoms with van der Waals surface area (Å²) in [6, 6.07) is 8.01. The van der Waals surface area contributed by atoms with Crippen LogP contribution in [0.3, 0.4) is 0 Å². The highest BCUT2D eigenvalue weighted by Crippen LogP contribution is 2.17. The minimum atomic E-state index is -0.546. The lowest BCUT2D eigenvalue weighted by Crippen LogP contribution is -2.53. The molecule has 134 valence electrons. The largest absolute Gasteiger partial charge is 0.395 e. The Balaban J connectivity index is 1.45. The van der Waals surface area contributed by atoms with Crippen molar-refractivity contribution in [2.75, 3.05) is 45.9 Å². The number of aromatic amines is 1. The van der Waals surface area contributed by atoms with Gasteiger partial charge in [-0.3, -0.25) is 14.5 Å². The second-order valence-electron chi connectivity index (χ2n) is 6.22. The van der Waals surface area contributed by atoms with E-state index in [-0.39, 0.29) is 6.61 Å². The van der Waals surface area contributed by atoms with Crippen molar-refractivity contribution in [1.29, 1.82) is 0 Å². The molecule has 1 saturated heterocycles. The first kappa shape index (κ1) is 17.4. The maximum Gasteiger partial charge on any atom is 0.311 e. The Morgan fingerprint density at radius 3 is 2.68 bits per heavy atom. The first-order chi connectivity index (χ1) is 12.2. The Labute approximate surface area is 146 Å². The van der Waals surface area contributed by atoms with E-state index in [4.69, 9.17) is 5.11 Å². The minimum Gasteiger partial charge on any atom is -0.395 e. The molecule has 0 bridgehead atoms. The standard InChI is InChI=1S/C18H24N4O3/c23-12-11-21-7-9-22(10-8-21)18(25)17(24)19-6-5-14-13-20-16-4-2-1-3-15(14)16/h1-4,13,20,23H,5-12H2,(H,19,24). The summed E-state index contributed by atoms with van der Waals surface area (Å²) in [5.41, 5.74) is 2.20. The predicted octanol–water partition coefficient (Wildman–Crippen LogP) is -0.0369. The molecule has 7 heteroatoms. The molecule has 1 aliphatic heterocycles. The van der Waals surface area contributed by atoms with E-state index in [2.05, 4.69) is 15.2 Å². The van der Waals surface area contributed by atoms with Gasteiger partial charge in [-0.15, -0.1) is 0 Å². The lowest BCUT2D eigenvalue weighted by Gasteiger charge is -2.33. The molecule has 0 saturated carbocycles. The monoisotopic (exact) mass is 344 g/mol. The lowest BCUT2D eigenvalue weighted by molar-refractivity contribution is -0.147. The highest BCUT2D eigenvalue weighted by Gasteiger charge is 2.25. The molecule has 0 spiro atoms. The third-order valence-electron chi connectivity index (χ3n) is 4.62. The maximum atomic E-state index is 12.2. The van der Waals surface area contributed by atoms with Crippen LogP contribution in [-0.4, -0.2) is 77.6 Å². The van der Waals surface area contributed by atoms with Crippen LogP contribution in [0.15, 0.2) is 30.5 Å². The summed E-state index contributed by atoms with van der Waals surface area (Å²) in [6.45, 7) is 3.57. The van der Waals surface area contributed by atoms with Crippen molar-refractivity contribution in [2.24, 2.45) is 0 Å². The van der Waals surface area contributed by atoms with Gasteiger partial charge in [0.05, 0.1) is 6.61 Å². The van der Waals surface area contributed by atoms with Crippen LogP contribution in [0, 0.1) is 0 Å². The van der Waals surface area contributed by atoms with Crippen molar-refractivity contribution in [3.63, 3.8) is 0 Å². The van der Waals surface area contributed by atoms with E-state index in [9.17, 15) is 9.59 Å². The summed E-state index contributed by atoms with van der Waals surface area (Å²) in [5, 5.41) is 12.8. The summed E-state index contributed by atoms with van der Waals surface area (Å²) < 4.78 is 0. The van der Waals surface area contributed by atoms with Crippen LogP contribution in [0.5, 0.6) is 0 Å². The van der Waals surface area contributed by atoms with Gasteiger partial charge in [0, 0.05) is 56.4 Å². The molecule has 1 aliphatic rings. The van der Waals surface area contributed by atoms with E-state index < -0.39 is 11.8 Å². The molecule has 2 aromatic rings. The predicted molar refractivity (Wildman–Crippen MR) is 95.1 cm³/mol. The van der Waals surface area contributed by atoms with Crippen LogP contribution in [-0.2, 0) is 16.0 Å². The Morgan fingerprint density at radius 1 is 1.16 bits per heavy atom. The second-order valence-corrected chi connectivity index (χ2v) is 6.22. The van der Waals surface area contributed by atoms with Crippen LogP contribution in [0.4, 0.5) is 0 Å². The summed E-state index contributed by atoms with van der Waals surface area (Å²) >= 11 is 0. The van der Waals surface area contributed by atoms with Crippen LogP contribution in [0.25, 0.3) is 10.9 Å². The van der Waals surface area contributed by atoms with E-state index in [1.165, 1.54) is 0 Å². The number of aliphatic hydroxyl groups excluding tert-OH is 1. The average molecular weight is 344 g/mol. The van der Waals surface area contributed by atoms with Gasteiger partial charge >= 0.3 is 11.8 Å². The molecule has 0 radical (unpaired) electrons. The molecule has 1 aromatic carbocycles. The number of carbonyl (C=O) groups excluding carboxylic acids is 2. The topological polar surface area (TPSA) is 88.7 Å². The number of piperazine rings is 1. The van der Waals surface area contributed by atoms with Crippen molar-refractivity contribution >= 4 is 22.7 Å². The van der Waals surface area contributed by atoms with Gasteiger partial charge in [-0.05, 0) is 18.1 Å². The van der Waals surface area contributed by atoms with Crippen molar-refractivity contribution < 1.29 is 14.7 Å².